The van der Waals surface area contributed by atoms with Gasteiger partial charge in [-0.05, 0) is 17.2 Å². The monoisotopic (exact) mass is 210 g/mol. The Kier molecular flexibility index (Phi) is 7.04. The van der Waals surface area contributed by atoms with E-state index in [9.17, 15) is 9.90 Å². The second-order valence-electron chi connectivity index (χ2n) is 3.11. The molecule has 0 fully saturated rings. The van der Waals surface area contributed by atoms with E-state index in [0.717, 1.165) is 5.56 Å². The number of carboxylic acid groups (broad SMARTS) is 1. The van der Waals surface area contributed by atoms with Crippen molar-refractivity contribution in [1.29, 1.82) is 0 Å². The number of benzene rings is 2. The molecule has 74 valence electrons. The van der Waals surface area contributed by atoms with Crippen LogP contribution in [0.2, 0.25) is 0 Å². The fourth-order valence-corrected chi connectivity index (χ4v) is 1.46. The first kappa shape index (κ1) is 16.1. The zero-order valence-corrected chi connectivity index (χ0v) is 9.94. The van der Waals surface area contributed by atoms with E-state index in [0.29, 0.717) is 5.56 Å². The zero-order chi connectivity index (χ0) is 10.7. The summed E-state index contributed by atoms with van der Waals surface area (Å²) in [5.74, 6) is -1.20. The Bertz CT molecular complexity index is 484. The van der Waals surface area contributed by atoms with Crippen LogP contribution in [0.4, 0.5) is 0 Å². The average molecular weight is 210 g/mol. The van der Waals surface area contributed by atoms with Gasteiger partial charge in [0, 0.05) is 24.4 Å². The minimum Gasteiger partial charge on any atom is -0.545 e. The van der Waals surface area contributed by atoms with E-state index in [2.05, 4.69) is 6.07 Å². The maximum Gasteiger partial charge on any atom is 1.00 e. The normalized spacial score (nSPS) is 8.71. The third-order valence-corrected chi connectivity index (χ3v) is 2.15. The molecule has 0 saturated heterocycles. The molecular formula is C13H8Li2O2. The van der Waals surface area contributed by atoms with Crippen molar-refractivity contribution in [3.63, 3.8) is 0 Å². The van der Waals surface area contributed by atoms with Crippen LogP contribution in [0.5, 0.6) is 0 Å². The zero-order valence-electron chi connectivity index (χ0n) is 9.94. The summed E-state index contributed by atoms with van der Waals surface area (Å²) in [5, 5.41) is 10.9. The Balaban J connectivity index is 0.00000128. The Hall–Kier alpha value is -0.895. The molecule has 0 saturated carbocycles. The van der Waals surface area contributed by atoms with E-state index in [1.165, 1.54) is 0 Å². The number of rotatable bonds is 2. The predicted molar refractivity (Wildman–Crippen MR) is 60.8 cm³/mol. The summed E-state index contributed by atoms with van der Waals surface area (Å²) in [4.78, 5) is 10.9. The molecular weight excluding hydrogens is 202 g/mol. The standard InChI is InChI=1S/C13H9O2.2Li/c14-13(15)12-9-5-4-8-11(12)10-6-2-1-3-7-10;;/h1-8H,(H,14,15);;/q;;+1/p-1. The molecule has 2 aromatic carbocycles. The Morgan fingerprint density at radius 2 is 1.71 bits per heavy atom. The van der Waals surface area contributed by atoms with Gasteiger partial charge in [-0.2, -0.15) is 0 Å². The van der Waals surface area contributed by atoms with E-state index in [1.807, 2.05) is 30.3 Å². The molecule has 0 heterocycles. The maximum absolute atomic E-state index is 10.9. The van der Waals surface area contributed by atoms with Gasteiger partial charge in [-0.1, -0.05) is 48.5 Å². The smallest absolute Gasteiger partial charge is 0.545 e. The van der Waals surface area contributed by atoms with Crippen LogP contribution in [-0.2, 0) is 0 Å². The van der Waals surface area contributed by atoms with Crippen LogP contribution >= 0.6 is 0 Å². The second-order valence-corrected chi connectivity index (χ2v) is 3.11. The van der Waals surface area contributed by atoms with Gasteiger partial charge in [0.15, 0.2) is 0 Å². The van der Waals surface area contributed by atoms with E-state index in [-0.39, 0.29) is 43.3 Å². The van der Waals surface area contributed by atoms with Crippen molar-refractivity contribution in [3.05, 3.63) is 60.2 Å². The molecule has 0 N–H and O–H groups in total. The van der Waals surface area contributed by atoms with Crippen LogP contribution in [0.3, 0.4) is 0 Å². The molecule has 2 nitrogen and oxygen atoms in total. The summed E-state index contributed by atoms with van der Waals surface area (Å²) in [7, 11) is 0. The summed E-state index contributed by atoms with van der Waals surface area (Å²) in [6.07, 6.45) is 0. The molecule has 0 aliphatic rings. The first-order chi connectivity index (χ1) is 7.29. The molecule has 2 radical (unpaired) electrons. The summed E-state index contributed by atoms with van der Waals surface area (Å²) in [6.45, 7) is 0. The van der Waals surface area contributed by atoms with Crippen molar-refractivity contribution in [3.8, 4) is 11.1 Å². The first-order valence-electron chi connectivity index (χ1n) is 4.56. The molecule has 0 amide bonds. The third-order valence-electron chi connectivity index (χ3n) is 2.15. The van der Waals surface area contributed by atoms with Crippen molar-refractivity contribution in [2.75, 3.05) is 0 Å². The fraction of sp³-hybridized carbons (Fsp3) is 0. The minimum atomic E-state index is -1.20. The topological polar surface area (TPSA) is 40.1 Å². The maximum atomic E-state index is 10.9. The molecule has 0 unspecified atom stereocenters. The largest absolute Gasteiger partial charge is 1.00 e. The van der Waals surface area contributed by atoms with Crippen molar-refractivity contribution >= 4 is 24.8 Å². The molecule has 0 bridgehead atoms. The molecule has 17 heavy (non-hydrogen) atoms. The summed E-state index contributed by atoms with van der Waals surface area (Å²) < 4.78 is 0. The van der Waals surface area contributed by atoms with Gasteiger partial charge in [0.1, 0.15) is 0 Å². The van der Waals surface area contributed by atoms with Gasteiger partial charge in [-0.25, -0.2) is 0 Å². The SMILES string of the molecule is O=C([O-])c1[c]cccc1-c1ccccc1.[Li+].[Li]. The quantitative estimate of drug-likeness (QED) is 0.545. The number of aromatic carboxylic acids is 1. The molecule has 4 heteroatoms. The molecule has 0 spiro atoms. The number of carbonyl (C=O) groups is 1. The molecule has 0 aromatic heterocycles. The molecule has 0 aliphatic heterocycles. The summed E-state index contributed by atoms with van der Waals surface area (Å²) in [5.41, 5.74) is 1.59. The number of hydrogen-bond acceptors (Lipinski definition) is 2. The average Bonchev–Trinajstić information content (AvgIpc) is 2.30. The molecule has 2 aromatic rings. The summed E-state index contributed by atoms with van der Waals surface area (Å²) >= 11 is 0. The Labute approximate surface area is 124 Å². The van der Waals surface area contributed by atoms with E-state index in [1.54, 1.807) is 18.2 Å². The third kappa shape index (κ3) is 3.81. The number of carboxylic acids is 1. The van der Waals surface area contributed by atoms with Crippen LogP contribution in [0.15, 0.2) is 48.5 Å². The van der Waals surface area contributed by atoms with Crippen LogP contribution in [0, 0.1) is 6.07 Å². The van der Waals surface area contributed by atoms with Crippen molar-refractivity contribution in [1.82, 2.24) is 0 Å². The Morgan fingerprint density at radius 1 is 1.06 bits per heavy atom. The second kappa shape index (κ2) is 7.43. The predicted octanol–water partition coefficient (Wildman–Crippen LogP) is -1.86. The van der Waals surface area contributed by atoms with Gasteiger partial charge < -0.3 is 9.90 Å². The Morgan fingerprint density at radius 3 is 2.29 bits per heavy atom. The van der Waals surface area contributed by atoms with Crippen LogP contribution in [0.25, 0.3) is 11.1 Å². The van der Waals surface area contributed by atoms with Crippen molar-refractivity contribution in [2.45, 2.75) is 0 Å². The molecule has 0 aliphatic carbocycles. The van der Waals surface area contributed by atoms with Crippen molar-refractivity contribution < 1.29 is 28.8 Å². The van der Waals surface area contributed by atoms with Gasteiger partial charge in [0.25, 0.3) is 0 Å². The number of carbonyl (C=O) groups excluding carboxylic acids is 1. The van der Waals surface area contributed by atoms with E-state index < -0.39 is 5.97 Å². The number of hydrogen-bond donors (Lipinski definition) is 0. The van der Waals surface area contributed by atoms with Gasteiger partial charge in [0.2, 0.25) is 0 Å². The van der Waals surface area contributed by atoms with E-state index >= 15 is 0 Å². The van der Waals surface area contributed by atoms with Crippen molar-refractivity contribution in [2.24, 2.45) is 0 Å². The van der Waals surface area contributed by atoms with Crippen LogP contribution < -0.4 is 24.0 Å². The summed E-state index contributed by atoms with van der Waals surface area (Å²) in [6, 6.07) is 17.1. The molecule has 2 rings (SSSR count). The van der Waals surface area contributed by atoms with Gasteiger partial charge >= 0.3 is 18.9 Å². The van der Waals surface area contributed by atoms with Crippen LogP contribution in [-0.4, -0.2) is 24.8 Å². The molecule has 0 atom stereocenters. The van der Waals surface area contributed by atoms with Gasteiger partial charge in [-0.15, -0.1) is 0 Å². The van der Waals surface area contributed by atoms with Gasteiger partial charge in [-0.3, -0.25) is 0 Å². The van der Waals surface area contributed by atoms with Crippen LogP contribution in [0.1, 0.15) is 10.4 Å². The van der Waals surface area contributed by atoms with E-state index in [4.69, 9.17) is 0 Å². The fourth-order valence-electron chi connectivity index (χ4n) is 1.46. The van der Waals surface area contributed by atoms with Gasteiger partial charge in [0.05, 0.1) is 5.97 Å². The minimum absolute atomic E-state index is 0. The first-order valence-corrected chi connectivity index (χ1v) is 4.56.